The number of aryl methyl sites for hydroxylation is 2. The molecule has 0 saturated heterocycles. The van der Waals surface area contributed by atoms with Crippen molar-refractivity contribution in [1.29, 1.82) is 0 Å². The van der Waals surface area contributed by atoms with Gasteiger partial charge in [0.05, 0.1) is 11.8 Å². The van der Waals surface area contributed by atoms with E-state index < -0.39 is 17.8 Å². The number of nitrogens with zero attached hydrogens (tertiary/aromatic N) is 2. The first-order valence-corrected chi connectivity index (χ1v) is 12.8. The molecule has 9 heteroatoms. The van der Waals surface area contributed by atoms with Crippen molar-refractivity contribution >= 4 is 44.9 Å². The van der Waals surface area contributed by atoms with E-state index in [1.807, 2.05) is 56.3 Å². The van der Waals surface area contributed by atoms with E-state index in [0.717, 1.165) is 26.9 Å². The topological polar surface area (TPSA) is 88.0 Å². The number of hydrogen-bond donors (Lipinski definition) is 3. The number of carbonyl (C=O) groups is 2. The Balaban J connectivity index is 1.53. The van der Waals surface area contributed by atoms with E-state index in [0.29, 0.717) is 28.3 Å². The molecule has 1 unspecified atom stereocenters. The van der Waals surface area contributed by atoms with Gasteiger partial charge in [0.2, 0.25) is 0 Å². The predicted molar refractivity (Wildman–Crippen MR) is 150 cm³/mol. The fourth-order valence-electron chi connectivity index (χ4n) is 4.54. The second-order valence-corrected chi connectivity index (χ2v) is 10.1. The molecule has 3 N–H and O–H groups in total. The first kappa shape index (κ1) is 25.4. The van der Waals surface area contributed by atoms with Crippen LogP contribution in [0.5, 0.6) is 0 Å². The Hall–Kier alpha value is -4.24. The van der Waals surface area contributed by atoms with E-state index in [-0.39, 0.29) is 5.91 Å². The van der Waals surface area contributed by atoms with Crippen LogP contribution in [0.3, 0.4) is 0 Å². The summed E-state index contributed by atoms with van der Waals surface area (Å²) in [4.78, 5) is 26.9. The Kier molecular flexibility index (Phi) is 6.86. The van der Waals surface area contributed by atoms with Gasteiger partial charge in [-0.1, -0.05) is 45.8 Å². The molecule has 2 amide bonds. The standard InChI is InChI=1S/C29H25BrFN5O2/c1-16-4-13-24(17(2)14-16)35-29(38)25-18(3)33-27-23(28(37)34-22-11-9-21(31)10-12-22)15-32-36(27)26(25)19-5-7-20(30)8-6-19/h4-15,26,33H,1-3H3,(H,34,37)(H,35,38). The molecule has 0 bridgehead atoms. The highest BCUT2D eigenvalue weighted by Gasteiger charge is 2.35. The molecule has 1 atom stereocenters. The molecule has 0 fully saturated rings. The van der Waals surface area contributed by atoms with Gasteiger partial charge in [0.25, 0.3) is 11.8 Å². The van der Waals surface area contributed by atoms with Gasteiger partial charge >= 0.3 is 0 Å². The number of rotatable bonds is 5. The second-order valence-electron chi connectivity index (χ2n) is 9.20. The maximum atomic E-state index is 13.7. The van der Waals surface area contributed by atoms with Crippen molar-refractivity contribution in [2.75, 3.05) is 16.0 Å². The first-order chi connectivity index (χ1) is 18.2. The van der Waals surface area contributed by atoms with Gasteiger partial charge in [-0.05, 0) is 74.4 Å². The van der Waals surface area contributed by atoms with Crippen molar-refractivity contribution in [3.05, 3.63) is 117 Å². The summed E-state index contributed by atoms with van der Waals surface area (Å²) < 4.78 is 15.8. The van der Waals surface area contributed by atoms with E-state index in [9.17, 15) is 14.0 Å². The molecule has 1 aliphatic heterocycles. The van der Waals surface area contributed by atoms with Crippen molar-refractivity contribution in [2.24, 2.45) is 0 Å². The molecule has 0 aliphatic carbocycles. The van der Waals surface area contributed by atoms with E-state index in [1.165, 1.54) is 30.5 Å². The Morgan fingerprint density at radius 2 is 1.66 bits per heavy atom. The van der Waals surface area contributed by atoms with Gasteiger partial charge in [-0.3, -0.25) is 9.59 Å². The Bertz CT molecular complexity index is 1580. The minimum atomic E-state index is -0.586. The van der Waals surface area contributed by atoms with Gasteiger partial charge in [0, 0.05) is 21.5 Å². The molecule has 7 nitrogen and oxygen atoms in total. The molecule has 38 heavy (non-hydrogen) atoms. The Morgan fingerprint density at radius 3 is 2.34 bits per heavy atom. The lowest BCUT2D eigenvalue weighted by Gasteiger charge is -2.30. The highest BCUT2D eigenvalue weighted by Crippen LogP contribution is 2.38. The number of hydrogen-bond acceptors (Lipinski definition) is 4. The smallest absolute Gasteiger partial charge is 0.261 e. The van der Waals surface area contributed by atoms with Gasteiger partial charge in [-0.25, -0.2) is 9.07 Å². The molecule has 192 valence electrons. The van der Waals surface area contributed by atoms with Crippen molar-refractivity contribution in [1.82, 2.24) is 9.78 Å². The van der Waals surface area contributed by atoms with E-state index >= 15 is 0 Å². The van der Waals surface area contributed by atoms with Crippen molar-refractivity contribution < 1.29 is 14.0 Å². The maximum Gasteiger partial charge on any atom is 0.261 e. The lowest BCUT2D eigenvalue weighted by atomic mass is 9.94. The molecule has 1 aliphatic rings. The molecular weight excluding hydrogens is 549 g/mol. The monoisotopic (exact) mass is 573 g/mol. The van der Waals surface area contributed by atoms with Crippen LogP contribution in [0.1, 0.15) is 40.0 Å². The molecule has 0 saturated carbocycles. The van der Waals surface area contributed by atoms with Gasteiger partial charge in [-0.15, -0.1) is 0 Å². The lowest BCUT2D eigenvalue weighted by molar-refractivity contribution is -0.113. The summed E-state index contributed by atoms with van der Waals surface area (Å²) in [5, 5.41) is 13.6. The van der Waals surface area contributed by atoms with E-state index in [2.05, 4.69) is 37.0 Å². The summed E-state index contributed by atoms with van der Waals surface area (Å²) in [7, 11) is 0. The Labute approximate surface area is 227 Å². The summed E-state index contributed by atoms with van der Waals surface area (Å²) in [5.41, 5.74) is 5.45. The van der Waals surface area contributed by atoms with Crippen molar-refractivity contribution in [3.63, 3.8) is 0 Å². The predicted octanol–water partition coefficient (Wildman–Crippen LogP) is 6.58. The lowest BCUT2D eigenvalue weighted by Crippen LogP contribution is -2.32. The van der Waals surface area contributed by atoms with Crippen molar-refractivity contribution in [2.45, 2.75) is 26.8 Å². The van der Waals surface area contributed by atoms with Crippen LogP contribution >= 0.6 is 15.9 Å². The average Bonchev–Trinajstić information content (AvgIpc) is 3.30. The molecule has 5 rings (SSSR count). The molecule has 1 aromatic heterocycles. The quantitative estimate of drug-likeness (QED) is 0.251. The van der Waals surface area contributed by atoms with Crippen LogP contribution in [0.4, 0.5) is 21.6 Å². The summed E-state index contributed by atoms with van der Waals surface area (Å²) >= 11 is 3.47. The third-order valence-corrected chi connectivity index (χ3v) is 6.96. The zero-order valence-corrected chi connectivity index (χ0v) is 22.6. The Morgan fingerprint density at radius 1 is 0.947 bits per heavy atom. The number of amides is 2. The van der Waals surface area contributed by atoms with Crippen molar-refractivity contribution in [3.8, 4) is 0 Å². The zero-order chi connectivity index (χ0) is 27.0. The second kappa shape index (κ2) is 10.3. The van der Waals surface area contributed by atoms with Crippen LogP contribution in [-0.4, -0.2) is 21.6 Å². The number of aromatic nitrogens is 2. The number of nitrogens with one attached hydrogen (secondary N) is 3. The minimum Gasteiger partial charge on any atom is -0.343 e. The largest absolute Gasteiger partial charge is 0.343 e. The molecule has 3 aromatic carbocycles. The van der Waals surface area contributed by atoms with Crippen LogP contribution < -0.4 is 16.0 Å². The van der Waals surface area contributed by atoms with Gasteiger partial charge in [0.1, 0.15) is 23.2 Å². The molecule has 4 aromatic rings. The number of allylic oxidation sites excluding steroid dienone is 1. The van der Waals surface area contributed by atoms with Crippen LogP contribution in [-0.2, 0) is 4.79 Å². The van der Waals surface area contributed by atoms with Crippen LogP contribution in [0.25, 0.3) is 0 Å². The number of halogens is 2. The molecular formula is C29H25BrFN5O2. The molecule has 0 spiro atoms. The normalized spacial score (nSPS) is 14.5. The van der Waals surface area contributed by atoms with Gasteiger partial charge in [-0.2, -0.15) is 5.10 Å². The third kappa shape index (κ3) is 4.97. The minimum absolute atomic E-state index is 0.270. The fraction of sp³-hybridized carbons (Fsp3) is 0.138. The van der Waals surface area contributed by atoms with Gasteiger partial charge in [0.15, 0.2) is 0 Å². The highest BCUT2D eigenvalue weighted by atomic mass is 79.9. The van der Waals surface area contributed by atoms with Crippen LogP contribution in [0.15, 0.2) is 88.7 Å². The number of anilines is 3. The van der Waals surface area contributed by atoms with E-state index in [1.54, 1.807) is 11.6 Å². The maximum absolute atomic E-state index is 13.7. The zero-order valence-electron chi connectivity index (χ0n) is 21.0. The fourth-order valence-corrected chi connectivity index (χ4v) is 4.81. The summed E-state index contributed by atoms with van der Waals surface area (Å²) in [6.45, 7) is 5.76. The number of carbonyl (C=O) groups excluding carboxylic acids is 2. The van der Waals surface area contributed by atoms with E-state index in [4.69, 9.17) is 0 Å². The third-order valence-electron chi connectivity index (χ3n) is 6.43. The first-order valence-electron chi connectivity index (χ1n) is 12.0. The van der Waals surface area contributed by atoms with Crippen LogP contribution in [0.2, 0.25) is 0 Å². The van der Waals surface area contributed by atoms with Crippen LogP contribution in [0, 0.1) is 19.7 Å². The number of benzene rings is 3. The SMILES string of the molecule is CC1=C(C(=O)Nc2ccc(C)cc2C)C(c2ccc(Br)cc2)n2ncc(C(=O)Nc3ccc(F)cc3)c2N1. The summed E-state index contributed by atoms with van der Waals surface area (Å²) in [6.07, 6.45) is 1.46. The summed E-state index contributed by atoms with van der Waals surface area (Å²) in [6, 6.07) is 18.4. The highest BCUT2D eigenvalue weighted by molar-refractivity contribution is 9.10. The average molecular weight is 574 g/mol. The van der Waals surface area contributed by atoms with Gasteiger partial charge < -0.3 is 16.0 Å². The molecule has 0 radical (unpaired) electrons. The molecule has 2 heterocycles. The number of fused-ring (bicyclic) bond motifs is 1. The summed E-state index contributed by atoms with van der Waals surface area (Å²) in [5.74, 6) is -0.611.